The van der Waals surface area contributed by atoms with Crippen LogP contribution in [0, 0.1) is 10.8 Å². The number of thiol groups is 1. The summed E-state index contributed by atoms with van der Waals surface area (Å²) in [6.07, 6.45) is 1.49. The molecule has 0 radical (unpaired) electrons. The van der Waals surface area contributed by atoms with E-state index in [-0.39, 0.29) is 29.2 Å². The van der Waals surface area contributed by atoms with Crippen LogP contribution in [0.5, 0.6) is 0 Å². The number of nitrogens with zero attached hydrogens (tertiary/aromatic N) is 2. The number of hydrogen-bond acceptors (Lipinski definition) is 6. The summed E-state index contributed by atoms with van der Waals surface area (Å²) in [5.41, 5.74) is -0.669. The minimum absolute atomic E-state index is 0.00584. The molecule has 1 rings (SSSR count). The number of likely N-dealkylation sites (N-methyl/N-ethyl adjacent to an activating group) is 1. The van der Waals surface area contributed by atoms with E-state index in [4.69, 9.17) is 0 Å². The van der Waals surface area contributed by atoms with Crippen molar-refractivity contribution in [2.24, 2.45) is 10.8 Å². The highest BCUT2D eigenvalue weighted by atomic mass is 32.1. The van der Waals surface area contributed by atoms with Crippen LogP contribution in [0.1, 0.15) is 61.3 Å². The second-order valence-electron chi connectivity index (χ2n) is 10.7. The van der Waals surface area contributed by atoms with Crippen LogP contribution in [0.4, 0.5) is 4.79 Å². The average molecular weight is 458 g/mol. The minimum atomic E-state index is -0.723. The third kappa shape index (κ3) is 8.98. The smallest absolute Gasteiger partial charge is 0.315 e. The molecule has 1 fully saturated rings. The Morgan fingerprint density at radius 3 is 2.19 bits per heavy atom. The molecular weight excluding hydrogens is 414 g/mol. The molecule has 3 amide bonds. The molecule has 0 saturated carbocycles. The first kappa shape index (κ1) is 27.7. The number of carbonyl (C=O) groups excluding carboxylic acids is 3. The van der Waals surface area contributed by atoms with E-state index in [1.807, 2.05) is 27.8 Å². The van der Waals surface area contributed by atoms with Crippen LogP contribution in [-0.4, -0.2) is 78.3 Å². The summed E-state index contributed by atoms with van der Waals surface area (Å²) in [6.45, 7) is 16.2. The van der Waals surface area contributed by atoms with Crippen molar-refractivity contribution in [3.8, 4) is 0 Å². The Hall–Kier alpha value is -1.32. The molecule has 180 valence electrons. The fourth-order valence-electron chi connectivity index (χ4n) is 3.66. The molecule has 0 aromatic heterocycles. The molecule has 8 nitrogen and oxygen atoms in total. The standard InChI is InChI=1S/C22H43N5O3S/c1-15(28)16-10-9-12-27(16)19(29)18(22(5,6)7)25-20(30)24-17(21(2,3)4)14-23-11-13-26(8)31/h16-18,23,31H,9-14H2,1-8H3,(H2,24,25,30). The largest absolute Gasteiger partial charge is 0.334 e. The highest BCUT2D eigenvalue weighted by Crippen LogP contribution is 2.26. The fraction of sp³-hybridized carbons (Fsp3) is 0.864. The van der Waals surface area contributed by atoms with Crippen LogP contribution in [-0.2, 0) is 9.59 Å². The molecule has 1 aliphatic rings. The van der Waals surface area contributed by atoms with E-state index in [1.165, 1.54) is 6.92 Å². The molecule has 1 saturated heterocycles. The Labute approximate surface area is 193 Å². The summed E-state index contributed by atoms with van der Waals surface area (Å²) in [4.78, 5) is 39.8. The predicted molar refractivity (Wildman–Crippen MR) is 128 cm³/mol. The summed E-state index contributed by atoms with van der Waals surface area (Å²) in [5.74, 6) is -0.198. The Morgan fingerprint density at radius 2 is 1.71 bits per heavy atom. The van der Waals surface area contributed by atoms with Crippen molar-refractivity contribution in [2.75, 3.05) is 33.2 Å². The number of hydrogen-bond donors (Lipinski definition) is 4. The quantitative estimate of drug-likeness (QED) is 0.314. The lowest BCUT2D eigenvalue weighted by Gasteiger charge is -2.37. The second-order valence-corrected chi connectivity index (χ2v) is 11.4. The summed E-state index contributed by atoms with van der Waals surface area (Å²) < 4.78 is 1.80. The van der Waals surface area contributed by atoms with Gasteiger partial charge in [-0.15, -0.1) is 0 Å². The summed E-state index contributed by atoms with van der Waals surface area (Å²) in [6, 6.07) is -1.62. The molecule has 0 spiro atoms. The Bertz CT molecular complexity index is 628. The Balaban J connectivity index is 2.85. The lowest BCUT2D eigenvalue weighted by atomic mass is 9.85. The molecule has 9 heteroatoms. The lowest BCUT2D eigenvalue weighted by molar-refractivity contribution is -0.140. The van der Waals surface area contributed by atoms with Gasteiger partial charge in [0.2, 0.25) is 5.91 Å². The molecule has 1 aliphatic heterocycles. The predicted octanol–water partition coefficient (Wildman–Crippen LogP) is 2.06. The van der Waals surface area contributed by atoms with Gasteiger partial charge in [-0.1, -0.05) is 54.4 Å². The van der Waals surface area contributed by atoms with E-state index in [0.717, 1.165) is 19.5 Å². The molecule has 0 aromatic carbocycles. The number of Topliss-reactive ketones (excluding diaryl/α,β-unsaturated/α-hetero) is 1. The first-order chi connectivity index (χ1) is 14.1. The van der Waals surface area contributed by atoms with Gasteiger partial charge in [0.15, 0.2) is 5.78 Å². The Kier molecular flexibility index (Phi) is 10.3. The number of likely N-dealkylation sites (tertiary alicyclic amines) is 1. The van der Waals surface area contributed by atoms with Crippen molar-refractivity contribution in [3.05, 3.63) is 0 Å². The van der Waals surface area contributed by atoms with Crippen LogP contribution in [0.25, 0.3) is 0 Å². The second kappa shape index (κ2) is 11.5. The monoisotopic (exact) mass is 457 g/mol. The lowest BCUT2D eigenvalue weighted by Crippen LogP contribution is -2.60. The molecule has 31 heavy (non-hydrogen) atoms. The maximum atomic E-state index is 13.3. The van der Waals surface area contributed by atoms with Crippen molar-refractivity contribution < 1.29 is 14.4 Å². The molecular formula is C22H43N5O3S. The van der Waals surface area contributed by atoms with Crippen molar-refractivity contribution in [1.29, 1.82) is 0 Å². The summed E-state index contributed by atoms with van der Waals surface area (Å²) >= 11 is 4.23. The van der Waals surface area contributed by atoms with Gasteiger partial charge >= 0.3 is 6.03 Å². The average Bonchev–Trinajstić information content (AvgIpc) is 3.09. The van der Waals surface area contributed by atoms with Gasteiger partial charge in [0, 0.05) is 32.2 Å². The first-order valence-electron chi connectivity index (χ1n) is 11.1. The van der Waals surface area contributed by atoms with Crippen LogP contribution in [0.15, 0.2) is 0 Å². The van der Waals surface area contributed by atoms with E-state index in [2.05, 4.69) is 49.5 Å². The molecule has 3 atom stereocenters. The highest BCUT2D eigenvalue weighted by molar-refractivity contribution is 7.77. The van der Waals surface area contributed by atoms with Crippen molar-refractivity contribution in [1.82, 2.24) is 25.2 Å². The number of ketones is 1. The van der Waals surface area contributed by atoms with Gasteiger partial charge in [-0.2, -0.15) is 0 Å². The molecule has 3 unspecified atom stereocenters. The first-order valence-corrected chi connectivity index (χ1v) is 11.5. The van der Waals surface area contributed by atoms with Crippen LogP contribution in [0.3, 0.4) is 0 Å². The zero-order valence-electron chi connectivity index (χ0n) is 20.5. The molecule has 0 aliphatic carbocycles. The number of urea groups is 1. The van der Waals surface area contributed by atoms with Gasteiger partial charge in [0.05, 0.1) is 6.04 Å². The maximum absolute atomic E-state index is 13.3. The van der Waals surface area contributed by atoms with Crippen LogP contribution < -0.4 is 16.0 Å². The minimum Gasteiger partial charge on any atom is -0.334 e. The third-order valence-electron chi connectivity index (χ3n) is 5.70. The van der Waals surface area contributed by atoms with E-state index >= 15 is 0 Å². The van der Waals surface area contributed by atoms with Crippen molar-refractivity contribution in [3.63, 3.8) is 0 Å². The third-order valence-corrected chi connectivity index (χ3v) is 5.90. The molecule has 0 bridgehead atoms. The molecule has 0 aromatic rings. The van der Waals surface area contributed by atoms with E-state index in [9.17, 15) is 14.4 Å². The van der Waals surface area contributed by atoms with E-state index in [0.29, 0.717) is 19.5 Å². The van der Waals surface area contributed by atoms with E-state index < -0.39 is 17.5 Å². The van der Waals surface area contributed by atoms with Gasteiger partial charge < -0.3 is 20.9 Å². The Morgan fingerprint density at radius 1 is 1.10 bits per heavy atom. The van der Waals surface area contributed by atoms with Gasteiger partial charge in [0.1, 0.15) is 6.04 Å². The van der Waals surface area contributed by atoms with Crippen molar-refractivity contribution in [2.45, 2.75) is 79.4 Å². The molecule has 3 N–H and O–H groups in total. The van der Waals surface area contributed by atoms with Gasteiger partial charge in [-0.25, -0.2) is 4.79 Å². The summed E-state index contributed by atoms with van der Waals surface area (Å²) in [5, 5.41) is 9.30. The fourth-order valence-corrected chi connectivity index (χ4v) is 3.76. The topological polar surface area (TPSA) is 93.8 Å². The number of nitrogens with one attached hydrogen (secondary N) is 3. The van der Waals surface area contributed by atoms with Gasteiger partial charge in [-0.05, 0) is 37.6 Å². The SMILES string of the molecule is CC(=O)C1CCCN1C(=O)C(NC(=O)NC(CNCCN(C)S)C(C)(C)C)C(C)(C)C. The van der Waals surface area contributed by atoms with Gasteiger partial charge in [-0.3, -0.25) is 13.9 Å². The van der Waals surface area contributed by atoms with E-state index in [1.54, 1.807) is 9.21 Å². The molecule has 1 heterocycles. The maximum Gasteiger partial charge on any atom is 0.315 e. The van der Waals surface area contributed by atoms with Gasteiger partial charge in [0.25, 0.3) is 0 Å². The van der Waals surface area contributed by atoms with Crippen LogP contribution in [0.2, 0.25) is 0 Å². The number of carbonyl (C=O) groups is 3. The van der Waals surface area contributed by atoms with Crippen LogP contribution >= 0.6 is 12.8 Å². The summed E-state index contributed by atoms with van der Waals surface area (Å²) in [7, 11) is 1.89. The zero-order chi connectivity index (χ0) is 24.0. The number of rotatable bonds is 9. The zero-order valence-corrected chi connectivity index (χ0v) is 21.4. The van der Waals surface area contributed by atoms with Crippen molar-refractivity contribution >= 4 is 30.5 Å². The number of amides is 3. The highest BCUT2D eigenvalue weighted by Gasteiger charge is 2.41. The normalized spacial score (nSPS) is 19.3.